The van der Waals surface area contributed by atoms with Crippen LogP contribution in [0.25, 0.3) is 0 Å². The predicted octanol–water partition coefficient (Wildman–Crippen LogP) is 1.58. The SMILES string of the molecule is CC1CN(C(=O)C(C)N2CCN(c3ccc(F)cc3)CC2)CCO1. The number of morpholine rings is 1. The third-order valence-electron chi connectivity index (χ3n) is 4.96. The highest BCUT2D eigenvalue weighted by atomic mass is 19.1. The van der Waals surface area contributed by atoms with E-state index in [4.69, 9.17) is 4.74 Å². The quantitative estimate of drug-likeness (QED) is 0.840. The first-order chi connectivity index (χ1) is 11.5. The Balaban J connectivity index is 1.53. The van der Waals surface area contributed by atoms with E-state index in [2.05, 4.69) is 9.80 Å². The Morgan fingerprint density at radius 1 is 1.17 bits per heavy atom. The highest BCUT2D eigenvalue weighted by Crippen LogP contribution is 2.18. The summed E-state index contributed by atoms with van der Waals surface area (Å²) in [6.07, 6.45) is 0.116. The maximum Gasteiger partial charge on any atom is 0.239 e. The van der Waals surface area contributed by atoms with Crippen LogP contribution in [0.4, 0.5) is 10.1 Å². The van der Waals surface area contributed by atoms with Gasteiger partial charge in [-0.2, -0.15) is 0 Å². The fourth-order valence-electron chi connectivity index (χ4n) is 3.46. The van der Waals surface area contributed by atoms with E-state index >= 15 is 0 Å². The van der Waals surface area contributed by atoms with Crippen LogP contribution in [0.15, 0.2) is 24.3 Å². The molecule has 2 saturated heterocycles. The van der Waals surface area contributed by atoms with Crippen molar-refractivity contribution in [3.8, 4) is 0 Å². The van der Waals surface area contributed by atoms with Crippen molar-refractivity contribution in [1.29, 1.82) is 0 Å². The summed E-state index contributed by atoms with van der Waals surface area (Å²) in [6.45, 7) is 9.36. The summed E-state index contributed by atoms with van der Waals surface area (Å²) in [5.74, 6) is -0.0169. The molecule has 0 aliphatic carbocycles. The van der Waals surface area contributed by atoms with Crippen LogP contribution >= 0.6 is 0 Å². The monoisotopic (exact) mass is 335 g/mol. The molecule has 1 aromatic carbocycles. The minimum atomic E-state index is -0.212. The topological polar surface area (TPSA) is 36.0 Å². The van der Waals surface area contributed by atoms with Gasteiger partial charge in [-0.3, -0.25) is 9.69 Å². The number of hydrogen-bond acceptors (Lipinski definition) is 4. The molecule has 2 heterocycles. The van der Waals surface area contributed by atoms with Crippen LogP contribution in [0, 0.1) is 5.82 Å². The van der Waals surface area contributed by atoms with E-state index in [1.807, 2.05) is 30.9 Å². The van der Waals surface area contributed by atoms with Gasteiger partial charge in [0.05, 0.1) is 18.8 Å². The van der Waals surface area contributed by atoms with Gasteiger partial charge in [0.2, 0.25) is 5.91 Å². The van der Waals surface area contributed by atoms with Gasteiger partial charge in [-0.05, 0) is 38.1 Å². The van der Waals surface area contributed by atoms with Crippen molar-refractivity contribution < 1.29 is 13.9 Å². The fourth-order valence-corrected chi connectivity index (χ4v) is 3.46. The standard InChI is InChI=1S/C18H26FN3O2/c1-14-13-22(11-12-24-14)18(23)15(2)20-7-9-21(10-8-20)17-5-3-16(19)4-6-17/h3-6,14-15H,7-13H2,1-2H3. The van der Waals surface area contributed by atoms with Crippen LogP contribution in [0.1, 0.15) is 13.8 Å². The third-order valence-corrected chi connectivity index (χ3v) is 4.96. The molecule has 3 rings (SSSR count). The Bertz CT molecular complexity index is 558. The zero-order valence-electron chi connectivity index (χ0n) is 14.4. The molecule has 0 aromatic heterocycles. The Labute approximate surface area is 143 Å². The number of carbonyl (C=O) groups is 1. The fraction of sp³-hybridized carbons (Fsp3) is 0.611. The summed E-state index contributed by atoms with van der Waals surface area (Å²) in [7, 11) is 0. The van der Waals surface area contributed by atoms with Gasteiger partial charge in [0.15, 0.2) is 0 Å². The van der Waals surface area contributed by atoms with E-state index in [-0.39, 0.29) is 23.9 Å². The van der Waals surface area contributed by atoms with Crippen LogP contribution in [-0.4, -0.2) is 73.7 Å². The lowest BCUT2D eigenvalue weighted by molar-refractivity contribution is -0.143. The van der Waals surface area contributed by atoms with E-state index in [1.165, 1.54) is 12.1 Å². The Morgan fingerprint density at radius 2 is 1.83 bits per heavy atom. The molecule has 1 amide bonds. The minimum Gasteiger partial charge on any atom is -0.375 e. The number of halogens is 1. The predicted molar refractivity (Wildman–Crippen MR) is 91.6 cm³/mol. The van der Waals surface area contributed by atoms with E-state index in [0.717, 1.165) is 31.9 Å². The number of ether oxygens (including phenoxy) is 1. The first kappa shape index (κ1) is 17.2. The van der Waals surface area contributed by atoms with Crippen LogP contribution in [0.3, 0.4) is 0 Å². The van der Waals surface area contributed by atoms with Gasteiger partial charge in [-0.1, -0.05) is 0 Å². The molecule has 2 atom stereocenters. The molecule has 2 aliphatic heterocycles. The van der Waals surface area contributed by atoms with Crippen molar-refractivity contribution in [3.05, 3.63) is 30.1 Å². The van der Waals surface area contributed by atoms with Crippen molar-refractivity contribution in [2.75, 3.05) is 50.8 Å². The summed E-state index contributed by atoms with van der Waals surface area (Å²) < 4.78 is 18.6. The van der Waals surface area contributed by atoms with Gasteiger partial charge < -0.3 is 14.5 Å². The summed E-state index contributed by atoms with van der Waals surface area (Å²) >= 11 is 0. The largest absolute Gasteiger partial charge is 0.375 e. The van der Waals surface area contributed by atoms with Crippen LogP contribution in [0.2, 0.25) is 0 Å². The zero-order chi connectivity index (χ0) is 17.1. The maximum absolute atomic E-state index is 13.0. The van der Waals surface area contributed by atoms with Crippen LogP contribution < -0.4 is 4.90 Å². The van der Waals surface area contributed by atoms with E-state index in [9.17, 15) is 9.18 Å². The summed E-state index contributed by atoms with van der Waals surface area (Å²) in [4.78, 5) is 19.1. The first-order valence-electron chi connectivity index (χ1n) is 8.69. The van der Waals surface area contributed by atoms with E-state index in [1.54, 1.807) is 0 Å². The maximum atomic E-state index is 13.0. The molecule has 0 saturated carbocycles. The number of piperazine rings is 1. The summed E-state index contributed by atoms with van der Waals surface area (Å²) in [5, 5.41) is 0. The number of benzene rings is 1. The Hall–Kier alpha value is -1.66. The molecular formula is C18H26FN3O2. The van der Waals surface area contributed by atoms with E-state index < -0.39 is 0 Å². The highest BCUT2D eigenvalue weighted by Gasteiger charge is 2.30. The number of rotatable bonds is 3. The molecule has 2 aliphatic rings. The number of carbonyl (C=O) groups excluding carboxylic acids is 1. The molecule has 2 unspecified atom stereocenters. The second kappa shape index (κ2) is 7.49. The van der Waals surface area contributed by atoms with Crippen molar-refractivity contribution in [2.24, 2.45) is 0 Å². The lowest BCUT2D eigenvalue weighted by Gasteiger charge is -2.41. The Kier molecular flexibility index (Phi) is 5.36. The van der Waals surface area contributed by atoms with Crippen molar-refractivity contribution in [2.45, 2.75) is 26.0 Å². The molecule has 0 N–H and O–H groups in total. The molecular weight excluding hydrogens is 309 g/mol. The van der Waals surface area contributed by atoms with Crippen molar-refractivity contribution in [3.63, 3.8) is 0 Å². The van der Waals surface area contributed by atoms with Gasteiger partial charge in [-0.25, -0.2) is 4.39 Å². The normalized spacial score (nSPS) is 24.0. The van der Waals surface area contributed by atoms with Gasteiger partial charge in [0.25, 0.3) is 0 Å². The van der Waals surface area contributed by atoms with Gasteiger partial charge >= 0.3 is 0 Å². The second-order valence-electron chi connectivity index (χ2n) is 6.64. The third kappa shape index (κ3) is 3.87. The van der Waals surface area contributed by atoms with Crippen molar-refractivity contribution in [1.82, 2.24) is 9.80 Å². The first-order valence-corrected chi connectivity index (χ1v) is 8.69. The number of amides is 1. The van der Waals surface area contributed by atoms with E-state index in [0.29, 0.717) is 19.7 Å². The smallest absolute Gasteiger partial charge is 0.239 e. The highest BCUT2D eigenvalue weighted by molar-refractivity contribution is 5.81. The molecule has 1 aromatic rings. The summed E-state index contributed by atoms with van der Waals surface area (Å²) in [6, 6.07) is 6.51. The Morgan fingerprint density at radius 3 is 2.46 bits per heavy atom. The molecule has 2 fully saturated rings. The minimum absolute atomic E-state index is 0.106. The number of anilines is 1. The van der Waals surface area contributed by atoms with Crippen LogP contribution in [0.5, 0.6) is 0 Å². The van der Waals surface area contributed by atoms with Gasteiger partial charge in [0, 0.05) is 45.0 Å². The number of nitrogens with zero attached hydrogens (tertiary/aromatic N) is 3. The lowest BCUT2D eigenvalue weighted by Crippen LogP contribution is -2.56. The van der Waals surface area contributed by atoms with Crippen LogP contribution in [-0.2, 0) is 9.53 Å². The zero-order valence-corrected chi connectivity index (χ0v) is 14.4. The van der Waals surface area contributed by atoms with Crippen molar-refractivity contribution >= 4 is 11.6 Å². The lowest BCUT2D eigenvalue weighted by atomic mass is 10.1. The molecule has 6 heteroatoms. The molecule has 0 bridgehead atoms. The molecule has 0 spiro atoms. The second-order valence-corrected chi connectivity index (χ2v) is 6.64. The summed E-state index contributed by atoms with van der Waals surface area (Å²) in [5.41, 5.74) is 1.04. The number of hydrogen-bond donors (Lipinski definition) is 0. The molecule has 5 nitrogen and oxygen atoms in total. The average Bonchev–Trinajstić information content (AvgIpc) is 2.61. The molecule has 0 radical (unpaired) electrons. The average molecular weight is 335 g/mol. The molecule has 24 heavy (non-hydrogen) atoms. The molecule has 132 valence electrons. The van der Waals surface area contributed by atoms with Gasteiger partial charge in [0.1, 0.15) is 5.82 Å². The van der Waals surface area contributed by atoms with Gasteiger partial charge in [-0.15, -0.1) is 0 Å².